The van der Waals surface area contributed by atoms with Gasteiger partial charge >= 0.3 is 4.87 Å². The first kappa shape index (κ1) is 13.8. The molecule has 2 aromatic rings. The smallest absolute Gasteiger partial charge is 0.304 e. The van der Waals surface area contributed by atoms with Gasteiger partial charge in [-0.1, -0.05) is 23.5 Å². The van der Waals surface area contributed by atoms with Crippen LogP contribution >= 0.6 is 11.3 Å². The number of aryl methyl sites for hydroxylation is 1. The second kappa shape index (κ2) is 6.04. The van der Waals surface area contributed by atoms with Gasteiger partial charge in [0.1, 0.15) is 5.75 Å². The van der Waals surface area contributed by atoms with Gasteiger partial charge in [-0.2, -0.15) is 0 Å². The van der Waals surface area contributed by atoms with E-state index in [4.69, 9.17) is 4.74 Å². The quantitative estimate of drug-likeness (QED) is 0.884. The molecule has 0 spiro atoms. The molecule has 1 aromatic carbocycles. The van der Waals surface area contributed by atoms with Crippen LogP contribution in [0.2, 0.25) is 0 Å². The second-order valence-corrected chi connectivity index (χ2v) is 5.36. The van der Waals surface area contributed by atoms with Gasteiger partial charge in [-0.15, -0.1) is 0 Å². The molecule has 4 nitrogen and oxygen atoms in total. The number of hydrogen-bond donors (Lipinski definition) is 2. The summed E-state index contributed by atoms with van der Waals surface area (Å²) in [5, 5.41) is 5.22. The van der Waals surface area contributed by atoms with E-state index in [1.54, 1.807) is 7.11 Å². The fraction of sp³-hybridized carbons (Fsp3) is 0.357. The van der Waals surface area contributed by atoms with E-state index < -0.39 is 0 Å². The Bertz CT molecular complexity index is 603. The van der Waals surface area contributed by atoms with Gasteiger partial charge in [-0.05, 0) is 25.5 Å². The zero-order valence-electron chi connectivity index (χ0n) is 11.3. The molecule has 1 aromatic heterocycles. The van der Waals surface area contributed by atoms with Gasteiger partial charge < -0.3 is 15.0 Å². The number of hydrogen-bond acceptors (Lipinski definition) is 4. The molecule has 0 aliphatic heterocycles. The molecule has 0 aliphatic carbocycles. The van der Waals surface area contributed by atoms with Crippen molar-refractivity contribution in [3.05, 3.63) is 50.1 Å². The first-order valence-corrected chi connectivity index (χ1v) is 7.02. The van der Waals surface area contributed by atoms with Crippen LogP contribution in [-0.4, -0.2) is 12.1 Å². The van der Waals surface area contributed by atoms with Crippen LogP contribution in [0, 0.1) is 6.92 Å². The highest BCUT2D eigenvalue weighted by molar-refractivity contribution is 7.07. The summed E-state index contributed by atoms with van der Waals surface area (Å²) in [6, 6.07) is 6.32. The van der Waals surface area contributed by atoms with Crippen molar-refractivity contribution in [3.8, 4) is 5.75 Å². The lowest BCUT2D eigenvalue weighted by molar-refractivity contribution is 0.401. The van der Waals surface area contributed by atoms with Crippen molar-refractivity contribution in [2.75, 3.05) is 7.11 Å². The van der Waals surface area contributed by atoms with E-state index in [1.165, 1.54) is 16.9 Å². The highest BCUT2D eigenvalue weighted by Gasteiger charge is 2.11. The second-order valence-electron chi connectivity index (χ2n) is 4.52. The summed E-state index contributed by atoms with van der Waals surface area (Å²) in [5.74, 6) is 0.888. The lowest BCUT2D eigenvalue weighted by Gasteiger charge is -2.17. The number of benzene rings is 1. The number of rotatable bonds is 5. The maximum atomic E-state index is 11.1. The number of thiazole rings is 1. The Balaban J connectivity index is 2.07. The van der Waals surface area contributed by atoms with Crippen molar-refractivity contribution in [2.24, 2.45) is 0 Å². The normalized spacial score (nSPS) is 12.4. The molecule has 0 saturated carbocycles. The van der Waals surface area contributed by atoms with Gasteiger partial charge in [0.2, 0.25) is 0 Å². The molecule has 2 rings (SSSR count). The van der Waals surface area contributed by atoms with E-state index in [1.807, 2.05) is 18.4 Å². The zero-order valence-corrected chi connectivity index (χ0v) is 12.1. The highest BCUT2D eigenvalue weighted by atomic mass is 32.1. The van der Waals surface area contributed by atoms with Crippen LogP contribution < -0.4 is 14.9 Å². The highest BCUT2D eigenvalue weighted by Crippen LogP contribution is 2.26. The Morgan fingerprint density at radius 1 is 1.47 bits per heavy atom. The molecule has 0 radical (unpaired) electrons. The van der Waals surface area contributed by atoms with Crippen molar-refractivity contribution >= 4 is 11.3 Å². The van der Waals surface area contributed by atoms with Gasteiger partial charge in [0, 0.05) is 29.2 Å². The molecule has 0 saturated heterocycles. The standard InChI is InChI=1S/C14H18N2O2S/c1-9-4-5-12(13(6-9)18-3)10(2)15-7-11-8-19-14(17)16-11/h4-6,8,10,15H,7H2,1-3H3,(H,16,17). The molecular weight excluding hydrogens is 260 g/mol. The van der Waals surface area contributed by atoms with Crippen LogP contribution in [0.5, 0.6) is 5.75 Å². The molecule has 0 amide bonds. The predicted octanol–water partition coefficient (Wildman–Crippen LogP) is 2.60. The molecule has 2 N–H and O–H groups in total. The van der Waals surface area contributed by atoms with Crippen molar-refractivity contribution in [3.63, 3.8) is 0 Å². The van der Waals surface area contributed by atoms with E-state index >= 15 is 0 Å². The van der Waals surface area contributed by atoms with Crippen molar-refractivity contribution in [1.82, 2.24) is 10.3 Å². The number of aromatic nitrogens is 1. The van der Waals surface area contributed by atoms with Crippen LogP contribution in [0.25, 0.3) is 0 Å². The minimum absolute atomic E-state index is 0.0163. The molecule has 0 fully saturated rings. The molecule has 5 heteroatoms. The molecule has 1 unspecified atom stereocenters. The van der Waals surface area contributed by atoms with Gasteiger partial charge in [0.25, 0.3) is 0 Å². The van der Waals surface area contributed by atoms with E-state index in [0.717, 1.165) is 17.0 Å². The lowest BCUT2D eigenvalue weighted by atomic mass is 10.0. The van der Waals surface area contributed by atoms with E-state index in [2.05, 4.69) is 29.4 Å². The summed E-state index contributed by atoms with van der Waals surface area (Å²) in [6.07, 6.45) is 0. The number of aromatic amines is 1. The Hall–Kier alpha value is -1.59. The molecule has 1 heterocycles. The van der Waals surface area contributed by atoms with Crippen LogP contribution in [0.4, 0.5) is 0 Å². The fourth-order valence-electron chi connectivity index (χ4n) is 1.95. The molecule has 0 bridgehead atoms. The van der Waals surface area contributed by atoms with Crippen LogP contribution in [0.3, 0.4) is 0 Å². The topological polar surface area (TPSA) is 54.1 Å². The molecule has 19 heavy (non-hydrogen) atoms. The van der Waals surface area contributed by atoms with Crippen LogP contribution in [0.15, 0.2) is 28.4 Å². The largest absolute Gasteiger partial charge is 0.496 e. The summed E-state index contributed by atoms with van der Waals surface area (Å²) in [6.45, 7) is 4.76. The van der Waals surface area contributed by atoms with Crippen LogP contribution in [-0.2, 0) is 6.54 Å². The summed E-state index contributed by atoms with van der Waals surface area (Å²) in [5.41, 5.74) is 3.20. The monoisotopic (exact) mass is 278 g/mol. The average molecular weight is 278 g/mol. The summed E-state index contributed by atoms with van der Waals surface area (Å²) in [7, 11) is 1.68. The Morgan fingerprint density at radius 2 is 2.26 bits per heavy atom. The molecular formula is C14H18N2O2S. The maximum absolute atomic E-state index is 11.1. The minimum Gasteiger partial charge on any atom is -0.496 e. The van der Waals surface area contributed by atoms with E-state index in [-0.39, 0.29) is 10.9 Å². The van der Waals surface area contributed by atoms with Gasteiger partial charge in [-0.3, -0.25) is 4.79 Å². The average Bonchev–Trinajstić information content (AvgIpc) is 2.81. The summed E-state index contributed by atoms with van der Waals surface area (Å²) < 4.78 is 5.41. The fourth-order valence-corrected chi connectivity index (χ4v) is 2.53. The Kier molecular flexibility index (Phi) is 4.39. The van der Waals surface area contributed by atoms with E-state index in [0.29, 0.717) is 6.54 Å². The first-order chi connectivity index (χ1) is 9.10. The first-order valence-electron chi connectivity index (χ1n) is 6.14. The number of methoxy groups -OCH3 is 1. The Labute approximate surface area is 116 Å². The van der Waals surface area contributed by atoms with Crippen molar-refractivity contribution in [2.45, 2.75) is 26.4 Å². The maximum Gasteiger partial charge on any atom is 0.304 e. The zero-order chi connectivity index (χ0) is 13.8. The third-order valence-electron chi connectivity index (χ3n) is 3.03. The number of nitrogens with one attached hydrogen (secondary N) is 2. The SMILES string of the molecule is COc1cc(C)ccc1C(C)NCc1csc(=O)[nH]1. The van der Waals surface area contributed by atoms with E-state index in [9.17, 15) is 4.79 Å². The third kappa shape index (κ3) is 3.45. The summed E-state index contributed by atoms with van der Waals surface area (Å²) >= 11 is 1.19. The van der Waals surface area contributed by atoms with Gasteiger partial charge in [0.05, 0.1) is 7.11 Å². The minimum atomic E-state index is -0.0163. The number of ether oxygens (including phenoxy) is 1. The van der Waals surface area contributed by atoms with Crippen molar-refractivity contribution < 1.29 is 4.74 Å². The Morgan fingerprint density at radius 3 is 2.89 bits per heavy atom. The summed E-state index contributed by atoms with van der Waals surface area (Å²) in [4.78, 5) is 13.8. The van der Waals surface area contributed by atoms with Crippen molar-refractivity contribution in [1.29, 1.82) is 0 Å². The molecule has 1 atom stereocenters. The number of H-pyrrole nitrogens is 1. The molecule has 102 valence electrons. The van der Waals surface area contributed by atoms with Crippen LogP contribution in [0.1, 0.15) is 29.8 Å². The lowest BCUT2D eigenvalue weighted by Crippen LogP contribution is -2.19. The molecule has 0 aliphatic rings. The predicted molar refractivity (Wildman–Crippen MR) is 77.9 cm³/mol. The van der Waals surface area contributed by atoms with Gasteiger partial charge in [-0.25, -0.2) is 0 Å². The third-order valence-corrected chi connectivity index (χ3v) is 3.74. The van der Waals surface area contributed by atoms with Gasteiger partial charge in [0.15, 0.2) is 0 Å².